The van der Waals surface area contributed by atoms with Crippen molar-refractivity contribution in [3.63, 3.8) is 0 Å². The number of hydrazine groups is 1. The van der Waals surface area contributed by atoms with Crippen LogP contribution in [0.2, 0.25) is 0 Å². The summed E-state index contributed by atoms with van der Waals surface area (Å²) in [6.45, 7) is 1.97. The van der Waals surface area contributed by atoms with Gasteiger partial charge in [0, 0.05) is 23.6 Å². The van der Waals surface area contributed by atoms with Gasteiger partial charge in [0.15, 0.2) is 0 Å². The molecule has 37 heavy (non-hydrogen) atoms. The van der Waals surface area contributed by atoms with Gasteiger partial charge < -0.3 is 10.1 Å². The number of hydrogen-bond donors (Lipinski definition) is 2. The zero-order valence-corrected chi connectivity index (χ0v) is 20.6. The summed E-state index contributed by atoms with van der Waals surface area (Å²) >= 11 is 5.54. The van der Waals surface area contributed by atoms with Crippen LogP contribution in [-0.4, -0.2) is 51.4 Å². The fourth-order valence-corrected chi connectivity index (χ4v) is 4.05. The van der Waals surface area contributed by atoms with Crippen molar-refractivity contribution in [2.45, 2.75) is 19.4 Å². The topological polar surface area (TPSA) is 121 Å². The fraction of sp³-hybridized carbons (Fsp3) is 0.154. The van der Waals surface area contributed by atoms with Crippen LogP contribution in [-0.2, 0) is 14.3 Å². The number of para-hydroxylation sites is 1. The molecular weight excluding hydrogens is 494 g/mol. The van der Waals surface area contributed by atoms with Crippen LogP contribution in [0.5, 0.6) is 0 Å². The average Bonchev–Trinajstić information content (AvgIpc) is 3.14. The van der Waals surface area contributed by atoms with Crippen molar-refractivity contribution < 1.29 is 23.9 Å². The molecular formula is C26H23N5O5S. The molecule has 1 aromatic heterocycles. The highest BCUT2D eigenvalue weighted by Gasteiger charge is 2.45. The Kier molecular flexibility index (Phi) is 7.84. The average molecular weight is 518 g/mol. The summed E-state index contributed by atoms with van der Waals surface area (Å²) in [4.78, 5) is 56.2. The van der Waals surface area contributed by atoms with Crippen LogP contribution >= 0.6 is 12.2 Å². The number of hydrogen-bond acceptors (Lipinski definition) is 7. The van der Waals surface area contributed by atoms with Crippen LogP contribution in [0.3, 0.4) is 0 Å². The molecule has 0 radical (unpaired) electrons. The van der Waals surface area contributed by atoms with E-state index in [-0.39, 0.29) is 18.1 Å². The number of benzene rings is 2. The van der Waals surface area contributed by atoms with Crippen LogP contribution < -0.4 is 15.6 Å². The molecule has 1 atom stereocenters. The molecule has 3 amide bonds. The summed E-state index contributed by atoms with van der Waals surface area (Å²) in [7, 11) is 0. The molecule has 2 N–H and O–H groups in total. The smallest absolute Gasteiger partial charge is 0.338 e. The van der Waals surface area contributed by atoms with E-state index in [4.69, 9.17) is 17.0 Å². The fourth-order valence-electron chi connectivity index (χ4n) is 3.68. The van der Waals surface area contributed by atoms with Gasteiger partial charge in [-0.05, 0) is 67.7 Å². The number of esters is 1. The third-order valence-corrected chi connectivity index (χ3v) is 5.83. The Morgan fingerprint density at radius 1 is 0.973 bits per heavy atom. The second kappa shape index (κ2) is 11.4. The van der Waals surface area contributed by atoms with Crippen LogP contribution in [0.25, 0.3) is 0 Å². The van der Waals surface area contributed by atoms with E-state index in [9.17, 15) is 19.2 Å². The lowest BCUT2D eigenvalue weighted by Gasteiger charge is -2.24. The number of nitrogens with one attached hydrogen (secondary N) is 2. The van der Waals surface area contributed by atoms with Gasteiger partial charge in [-0.3, -0.25) is 29.7 Å². The van der Waals surface area contributed by atoms with E-state index in [1.165, 1.54) is 46.6 Å². The number of amides is 3. The van der Waals surface area contributed by atoms with Gasteiger partial charge in [0.05, 0.1) is 24.3 Å². The van der Waals surface area contributed by atoms with Gasteiger partial charge in [-0.15, -0.1) is 0 Å². The first-order valence-electron chi connectivity index (χ1n) is 11.4. The summed E-state index contributed by atoms with van der Waals surface area (Å²) in [6.07, 6.45) is 2.64. The second-order valence-corrected chi connectivity index (χ2v) is 8.27. The van der Waals surface area contributed by atoms with Crippen LogP contribution in [0.4, 0.5) is 11.4 Å². The highest BCUT2D eigenvalue weighted by Crippen LogP contribution is 2.26. The number of aromatic nitrogens is 1. The molecule has 1 aliphatic rings. The molecule has 2 heterocycles. The maximum absolute atomic E-state index is 13.4. The summed E-state index contributed by atoms with van der Waals surface area (Å²) < 4.78 is 4.96. The van der Waals surface area contributed by atoms with Gasteiger partial charge in [-0.1, -0.05) is 18.2 Å². The molecule has 4 rings (SSSR count). The summed E-state index contributed by atoms with van der Waals surface area (Å²) in [5.41, 5.74) is 4.26. The predicted molar refractivity (Wildman–Crippen MR) is 140 cm³/mol. The summed E-state index contributed by atoms with van der Waals surface area (Å²) in [5, 5.41) is 3.98. The molecule has 0 unspecified atom stereocenters. The number of thiocarbonyl (C=S) groups is 1. The number of rotatable bonds is 8. The van der Waals surface area contributed by atoms with E-state index in [1.807, 2.05) is 0 Å². The quantitative estimate of drug-likeness (QED) is 0.346. The third kappa shape index (κ3) is 5.78. The van der Waals surface area contributed by atoms with E-state index >= 15 is 0 Å². The number of ether oxygens (including phenoxy) is 1. The van der Waals surface area contributed by atoms with Crippen molar-refractivity contribution in [3.05, 3.63) is 90.3 Å². The Morgan fingerprint density at radius 3 is 2.30 bits per heavy atom. The van der Waals surface area contributed by atoms with Gasteiger partial charge in [0.25, 0.3) is 11.8 Å². The first kappa shape index (κ1) is 25.5. The normalized spacial score (nSPS) is 14.9. The Labute approximate surface area is 218 Å². The molecule has 0 aliphatic carbocycles. The molecule has 3 aromatic rings. The zero-order chi connectivity index (χ0) is 26.4. The maximum atomic E-state index is 13.4. The largest absolute Gasteiger partial charge is 0.462 e. The lowest BCUT2D eigenvalue weighted by Crippen LogP contribution is -2.49. The van der Waals surface area contributed by atoms with Crippen LogP contribution in [0.1, 0.15) is 34.1 Å². The minimum Gasteiger partial charge on any atom is -0.462 e. The summed E-state index contributed by atoms with van der Waals surface area (Å²) in [6, 6.07) is 16.9. The molecule has 0 spiro atoms. The number of pyridine rings is 1. The Balaban J connectivity index is 1.53. The van der Waals surface area contributed by atoms with Crippen LogP contribution in [0.15, 0.2) is 79.1 Å². The highest BCUT2D eigenvalue weighted by atomic mass is 32.1. The van der Waals surface area contributed by atoms with Crippen molar-refractivity contribution in [2.24, 2.45) is 0 Å². The van der Waals surface area contributed by atoms with E-state index in [1.54, 1.807) is 49.4 Å². The first-order chi connectivity index (χ1) is 17.9. The number of carbonyl (C=O) groups excluding carboxylic acids is 4. The van der Waals surface area contributed by atoms with Gasteiger partial charge in [0.1, 0.15) is 6.04 Å². The lowest BCUT2D eigenvalue weighted by molar-refractivity contribution is -0.124. The summed E-state index contributed by atoms with van der Waals surface area (Å²) in [5.74, 6) is -1.92. The van der Waals surface area contributed by atoms with Gasteiger partial charge >= 0.3 is 5.97 Å². The van der Waals surface area contributed by atoms with Gasteiger partial charge in [0.2, 0.25) is 11.0 Å². The number of nitrogens with zero attached hydrogens (tertiary/aromatic N) is 3. The highest BCUT2D eigenvalue weighted by molar-refractivity contribution is 7.80. The third-order valence-electron chi connectivity index (χ3n) is 5.45. The van der Waals surface area contributed by atoms with Crippen molar-refractivity contribution in [3.8, 4) is 0 Å². The molecule has 0 bridgehead atoms. The molecule has 1 aliphatic heterocycles. The standard InChI is InChI=1S/C26H23N5O5S/c1-2-36-25(35)18-8-10-19(11-9-18)28-22(32)16-21-24(34)30(20-6-4-3-5-7-20)26(37)31(21)29-23(33)17-12-14-27-15-13-17/h3-15,21H,2,16H2,1H3,(H,28,32)(H,29,33)/t21-/m0/s1. The van der Waals surface area contributed by atoms with Gasteiger partial charge in [-0.2, -0.15) is 0 Å². The van der Waals surface area contributed by atoms with E-state index < -0.39 is 29.7 Å². The minimum atomic E-state index is -1.09. The molecule has 1 fully saturated rings. The molecule has 188 valence electrons. The number of carbonyl (C=O) groups is 4. The van der Waals surface area contributed by atoms with Crippen molar-refractivity contribution >= 4 is 52.4 Å². The Morgan fingerprint density at radius 2 is 1.65 bits per heavy atom. The molecule has 11 heteroatoms. The number of anilines is 2. The Bertz CT molecular complexity index is 1320. The predicted octanol–water partition coefficient (Wildman–Crippen LogP) is 2.93. The van der Waals surface area contributed by atoms with Crippen molar-refractivity contribution in [1.29, 1.82) is 0 Å². The van der Waals surface area contributed by atoms with Crippen LogP contribution in [0, 0.1) is 0 Å². The van der Waals surface area contributed by atoms with E-state index in [0.29, 0.717) is 22.5 Å². The molecule has 10 nitrogen and oxygen atoms in total. The zero-order valence-electron chi connectivity index (χ0n) is 19.8. The maximum Gasteiger partial charge on any atom is 0.338 e. The van der Waals surface area contributed by atoms with Crippen molar-refractivity contribution in [1.82, 2.24) is 15.4 Å². The SMILES string of the molecule is CCOC(=O)c1ccc(NC(=O)C[C@H]2C(=O)N(c3ccccc3)C(=S)N2NC(=O)c2ccncc2)cc1. The minimum absolute atomic E-state index is 0.0372. The Hall–Kier alpha value is -4.64. The van der Waals surface area contributed by atoms with E-state index in [2.05, 4.69) is 15.7 Å². The molecule has 2 aromatic carbocycles. The lowest BCUT2D eigenvalue weighted by atomic mass is 10.1. The molecule has 1 saturated heterocycles. The molecule has 0 saturated carbocycles. The van der Waals surface area contributed by atoms with Gasteiger partial charge in [-0.25, -0.2) is 9.80 Å². The second-order valence-electron chi connectivity index (χ2n) is 7.90. The van der Waals surface area contributed by atoms with Crippen molar-refractivity contribution in [2.75, 3.05) is 16.8 Å². The monoisotopic (exact) mass is 517 g/mol. The van der Waals surface area contributed by atoms with E-state index in [0.717, 1.165) is 0 Å². The first-order valence-corrected chi connectivity index (χ1v) is 11.8.